The summed E-state index contributed by atoms with van der Waals surface area (Å²) in [6, 6.07) is 17.9. The first kappa shape index (κ1) is 42.9. The molecule has 16 heteroatoms. The van der Waals surface area contributed by atoms with Crippen LogP contribution in [0.15, 0.2) is 66.7 Å². The zero-order chi connectivity index (χ0) is 40.9. The van der Waals surface area contributed by atoms with Gasteiger partial charge in [0.25, 0.3) is 0 Å². The molecule has 3 atom stereocenters. The molecule has 3 aromatic rings. The molecule has 0 unspecified atom stereocenters. The summed E-state index contributed by atoms with van der Waals surface area (Å²) in [5, 5.41) is 30.3. The number of carbonyl (C=O) groups is 6. The first-order valence-electron chi connectivity index (χ1n) is 18.3. The van der Waals surface area contributed by atoms with Gasteiger partial charge in [0.2, 0.25) is 17.7 Å². The van der Waals surface area contributed by atoms with E-state index in [-0.39, 0.29) is 37.9 Å². The average molecular weight is 793 g/mol. The summed E-state index contributed by atoms with van der Waals surface area (Å²) in [5.41, 5.74) is 6.27. The topological polar surface area (TPSA) is 216 Å². The lowest BCUT2D eigenvalue weighted by Crippen LogP contribution is -2.57. The fourth-order valence-electron chi connectivity index (χ4n) is 6.50. The molecule has 0 fully saturated rings. The van der Waals surface area contributed by atoms with E-state index in [0.717, 1.165) is 27.8 Å². The molecule has 0 aromatic heterocycles. The SMILES string of the molecule is CC(C)[C@H](NC(=O)[C@H](CCCCNC(=O)O)NC(=O)O)C(=O)N[C@@H](C)C(=O)Nc1ccc(CCl)c(CN(C)C(=O)OCC2c3ccccc3-c3ccccc32)c1. The van der Waals surface area contributed by atoms with E-state index in [4.69, 9.17) is 21.4 Å². The summed E-state index contributed by atoms with van der Waals surface area (Å²) < 4.78 is 5.80. The van der Waals surface area contributed by atoms with Crippen LogP contribution >= 0.6 is 11.6 Å². The van der Waals surface area contributed by atoms with Crippen molar-refractivity contribution in [3.05, 3.63) is 89.0 Å². The number of benzene rings is 3. The minimum Gasteiger partial charge on any atom is -0.465 e. The van der Waals surface area contributed by atoms with Gasteiger partial charge in [0.1, 0.15) is 24.7 Å². The van der Waals surface area contributed by atoms with Crippen molar-refractivity contribution in [2.24, 2.45) is 5.92 Å². The number of unbranched alkanes of at least 4 members (excludes halogenated alkanes) is 1. The van der Waals surface area contributed by atoms with Gasteiger partial charge in [-0.2, -0.15) is 0 Å². The summed E-state index contributed by atoms with van der Waals surface area (Å²) in [5.74, 6) is -2.32. The monoisotopic (exact) mass is 792 g/mol. The summed E-state index contributed by atoms with van der Waals surface area (Å²) in [7, 11) is 1.61. The van der Waals surface area contributed by atoms with Gasteiger partial charge in [-0.15, -0.1) is 11.6 Å². The maximum absolute atomic E-state index is 13.3. The fourth-order valence-corrected chi connectivity index (χ4v) is 6.76. The Bertz CT molecular complexity index is 1860. The molecule has 0 radical (unpaired) electrons. The molecular weight excluding hydrogens is 744 g/mol. The van der Waals surface area contributed by atoms with Gasteiger partial charge in [0.05, 0.1) is 0 Å². The van der Waals surface area contributed by atoms with Crippen molar-refractivity contribution in [2.45, 2.75) is 76.5 Å². The molecule has 4 rings (SSSR count). The third-order valence-electron chi connectivity index (χ3n) is 9.48. The van der Waals surface area contributed by atoms with Gasteiger partial charge in [-0.1, -0.05) is 68.4 Å². The average Bonchev–Trinajstić information content (AvgIpc) is 3.48. The third kappa shape index (κ3) is 11.6. The minimum atomic E-state index is -1.43. The van der Waals surface area contributed by atoms with Crippen molar-refractivity contribution in [2.75, 3.05) is 25.5 Å². The number of carbonyl (C=O) groups excluding carboxylic acids is 4. The number of halogens is 1. The predicted octanol–water partition coefficient (Wildman–Crippen LogP) is 5.46. The van der Waals surface area contributed by atoms with E-state index in [1.54, 1.807) is 39.1 Å². The first-order valence-corrected chi connectivity index (χ1v) is 18.8. The number of nitrogens with zero attached hydrogens (tertiary/aromatic N) is 1. The Morgan fingerprint density at radius 2 is 1.43 bits per heavy atom. The van der Waals surface area contributed by atoms with E-state index in [1.807, 2.05) is 36.4 Å². The Morgan fingerprint density at radius 3 is 2.02 bits per heavy atom. The molecule has 1 aliphatic carbocycles. The van der Waals surface area contributed by atoms with Crippen LogP contribution in [0, 0.1) is 5.92 Å². The Labute approximate surface area is 330 Å². The van der Waals surface area contributed by atoms with Crippen molar-refractivity contribution in [1.29, 1.82) is 0 Å². The lowest BCUT2D eigenvalue weighted by molar-refractivity contribution is -0.132. The lowest BCUT2D eigenvalue weighted by Gasteiger charge is -2.26. The molecule has 0 saturated heterocycles. The second-order valence-electron chi connectivity index (χ2n) is 14.0. The predicted molar refractivity (Wildman–Crippen MR) is 210 cm³/mol. The second kappa shape index (κ2) is 20.2. The highest BCUT2D eigenvalue weighted by molar-refractivity contribution is 6.17. The number of anilines is 1. The first-order chi connectivity index (χ1) is 26.7. The van der Waals surface area contributed by atoms with E-state index in [0.29, 0.717) is 24.1 Å². The molecule has 0 bridgehead atoms. The van der Waals surface area contributed by atoms with Crippen LogP contribution in [0.25, 0.3) is 11.1 Å². The lowest BCUT2D eigenvalue weighted by atomic mass is 9.98. The number of hydrogen-bond acceptors (Lipinski definition) is 7. The highest BCUT2D eigenvalue weighted by Gasteiger charge is 2.31. The van der Waals surface area contributed by atoms with Gasteiger partial charge in [0, 0.05) is 37.6 Å². The summed E-state index contributed by atoms with van der Waals surface area (Å²) in [4.78, 5) is 76.3. The summed E-state index contributed by atoms with van der Waals surface area (Å²) in [6.45, 7) is 5.28. The number of carboxylic acid groups (broad SMARTS) is 2. The van der Waals surface area contributed by atoms with Gasteiger partial charge in [0.15, 0.2) is 0 Å². The molecule has 0 spiro atoms. The molecule has 1 aliphatic rings. The second-order valence-corrected chi connectivity index (χ2v) is 14.2. The Hall–Kier alpha value is -5.83. The van der Waals surface area contributed by atoms with Crippen LogP contribution in [0.3, 0.4) is 0 Å². The molecule has 3 aromatic carbocycles. The zero-order valence-corrected chi connectivity index (χ0v) is 32.5. The van der Waals surface area contributed by atoms with Crippen molar-refractivity contribution in [3.8, 4) is 11.1 Å². The number of ether oxygens (including phenoxy) is 1. The Balaban J connectivity index is 1.33. The highest BCUT2D eigenvalue weighted by atomic mass is 35.5. The Kier molecular flexibility index (Phi) is 15.5. The molecule has 300 valence electrons. The van der Waals surface area contributed by atoms with Gasteiger partial charge in [-0.05, 0) is 77.6 Å². The van der Waals surface area contributed by atoms with Crippen molar-refractivity contribution in [3.63, 3.8) is 0 Å². The molecule has 0 heterocycles. The van der Waals surface area contributed by atoms with Crippen LogP contribution < -0.4 is 26.6 Å². The zero-order valence-electron chi connectivity index (χ0n) is 31.8. The van der Waals surface area contributed by atoms with Gasteiger partial charge >= 0.3 is 18.3 Å². The maximum Gasteiger partial charge on any atom is 0.409 e. The van der Waals surface area contributed by atoms with Crippen LogP contribution in [0.2, 0.25) is 0 Å². The minimum absolute atomic E-state index is 0.0661. The molecule has 15 nitrogen and oxygen atoms in total. The van der Waals surface area contributed by atoms with Crippen LogP contribution in [0.5, 0.6) is 0 Å². The molecule has 0 aliphatic heterocycles. The molecule has 56 heavy (non-hydrogen) atoms. The van der Waals surface area contributed by atoms with E-state index >= 15 is 0 Å². The van der Waals surface area contributed by atoms with Crippen LogP contribution in [0.1, 0.15) is 68.2 Å². The standard InChI is InChI=1S/C40H49ClN6O9/c1-23(2)34(46-36(49)33(45-39(53)54)15-9-10-18-42-38(51)52)37(50)43-24(3)35(48)44-27-17-16-25(20-41)26(19-27)21-47(4)40(55)56-22-32-30-13-7-5-11-28(30)29-12-6-8-14-31(29)32/h5-8,11-14,16-17,19,23-24,32-34,42,45H,9-10,15,18,20-22H2,1-4H3,(H,43,50)(H,44,48)(H,46,49)(H,51,52)(H,53,54)/t24-,33-,34-/m0/s1. The number of nitrogens with one attached hydrogen (secondary N) is 5. The van der Waals surface area contributed by atoms with Crippen LogP contribution in [-0.4, -0.2) is 89.4 Å². The summed E-state index contributed by atoms with van der Waals surface area (Å²) in [6.07, 6.45) is -2.39. The normalized spacial score (nSPS) is 13.3. The van der Waals surface area contributed by atoms with Crippen LogP contribution in [-0.2, 0) is 31.5 Å². The quantitative estimate of drug-likeness (QED) is 0.0642. The van der Waals surface area contributed by atoms with Crippen LogP contribution in [0.4, 0.5) is 20.1 Å². The van der Waals surface area contributed by atoms with E-state index in [1.165, 1.54) is 11.8 Å². The number of amides is 6. The molecular formula is C40H49ClN6O9. The number of rotatable bonds is 18. The van der Waals surface area contributed by atoms with Crippen molar-refractivity contribution >= 4 is 53.3 Å². The maximum atomic E-state index is 13.3. The largest absolute Gasteiger partial charge is 0.465 e. The van der Waals surface area contributed by atoms with E-state index < -0.39 is 60.0 Å². The fraction of sp³-hybridized carbons (Fsp3) is 0.400. The van der Waals surface area contributed by atoms with Crippen molar-refractivity contribution < 1.29 is 43.7 Å². The molecule has 6 amide bonds. The van der Waals surface area contributed by atoms with E-state index in [2.05, 4.69) is 38.7 Å². The van der Waals surface area contributed by atoms with Crippen molar-refractivity contribution in [1.82, 2.24) is 26.2 Å². The van der Waals surface area contributed by atoms with Gasteiger partial charge in [-0.25, -0.2) is 14.4 Å². The highest BCUT2D eigenvalue weighted by Crippen LogP contribution is 2.44. The number of hydrogen-bond donors (Lipinski definition) is 7. The molecule has 7 N–H and O–H groups in total. The van der Waals surface area contributed by atoms with Gasteiger partial charge < -0.3 is 46.4 Å². The third-order valence-corrected chi connectivity index (χ3v) is 9.77. The smallest absolute Gasteiger partial charge is 0.409 e. The Morgan fingerprint density at radius 1 is 0.786 bits per heavy atom. The number of alkyl halides is 1. The van der Waals surface area contributed by atoms with Gasteiger partial charge in [-0.3, -0.25) is 14.4 Å². The summed E-state index contributed by atoms with van der Waals surface area (Å²) >= 11 is 6.23. The van der Waals surface area contributed by atoms with E-state index in [9.17, 15) is 33.9 Å². The molecule has 0 saturated carbocycles. The number of fused-ring (bicyclic) bond motifs is 3.